The summed E-state index contributed by atoms with van der Waals surface area (Å²) in [6.45, 7) is 2.45. The van der Waals surface area contributed by atoms with Gasteiger partial charge < -0.3 is 20.9 Å². The molecule has 2 atom stereocenters. The molecule has 116 valence electrons. The van der Waals surface area contributed by atoms with Gasteiger partial charge in [-0.2, -0.15) is 0 Å². The largest absolute Gasteiger partial charge is 0.409 e. The number of aliphatic hydroxyl groups is 1. The lowest BCUT2D eigenvalue weighted by Gasteiger charge is -2.26. The van der Waals surface area contributed by atoms with Crippen molar-refractivity contribution in [3.05, 3.63) is 35.4 Å². The van der Waals surface area contributed by atoms with Crippen molar-refractivity contribution in [1.29, 1.82) is 0 Å². The van der Waals surface area contributed by atoms with E-state index in [1.807, 2.05) is 24.3 Å². The van der Waals surface area contributed by atoms with Gasteiger partial charge in [-0.3, -0.25) is 4.90 Å². The molecule has 0 aliphatic carbocycles. The van der Waals surface area contributed by atoms with Crippen LogP contribution in [-0.2, 0) is 6.54 Å². The standard InChI is InChI=1S/C15H24N4O2/c1-18(2)9-13-7-14(20)10-19(13)8-11-3-5-12(6-4-11)15(16)17-21/h3-6,13-14,20-21H,7-10H2,1-2H3,(H2,16,17). The predicted octanol–water partition coefficient (Wildman–Crippen LogP) is 0.278. The monoisotopic (exact) mass is 292 g/mol. The Hall–Kier alpha value is -1.63. The number of β-amino-alcohol motifs (C(OH)–C–C–N with tert-alkyl or cyclic N) is 1. The van der Waals surface area contributed by atoms with E-state index < -0.39 is 0 Å². The predicted molar refractivity (Wildman–Crippen MR) is 82.3 cm³/mol. The minimum absolute atomic E-state index is 0.114. The van der Waals surface area contributed by atoms with Gasteiger partial charge in [0, 0.05) is 31.2 Å². The van der Waals surface area contributed by atoms with Crippen molar-refractivity contribution in [3.8, 4) is 0 Å². The van der Waals surface area contributed by atoms with Crippen molar-refractivity contribution in [2.45, 2.75) is 25.1 Å². The molecule has 1 saturated heterocycles. The van der Waals surface area contributed by atoms with Crippen LogP contribution in [0.1, 0.15) is 17.5 Å². The number of aliphatic hydroxyl groups excluding tert-OH is 1. The maximum Gasteiger partial charge on any atom is 0.170 e. The van der Waals surface area contributed by atoms with Gasteiger partial charge in [0.1, 0.15) is 0 Å². The number of likely N-dealkylation sites (tertiary alicyclic amines) is 1. The average molecular weight is 292 g/mol. The molecule has 1 aliphatic heterocycles. The first-order valence-electron chi connectivity index (χ1n) is 7.13. The Morgan fingerprint density at radius 2 is 2.05 bits per heavy atom. The van der Waals surface area contributed by atoms with Crippen molar-refractivity contribution >= 4 is 5.84 Å². The second kappa shape index (κ2) is 6.89. The second-order valence-corrected chi connectivity index (χ2v) is 5.92. The second-order valence-electron chi connectivity index (χ2n) is 5.92. The molecule has 1 aliphatic rings. The fourth-order valence-electron chi connectivity index (χ4n) is 2.84. The highest BCUT2D eigenvalue weighted by molar-refractivity contribution is 5.96. The van der Waals surface area contributed by atoms with Crippen molar-refractivity contribution in [2.75, 3.05) is 27.2 Å². The van der Waals surface area contributed by atoms with Gasteiger partial charge in [0.15, 0.2) is 5.84 Å². The molecule has 6 heteroatoms. The molecule has 0 spiro atoms. The number of amidine groups is 1. The maximum absolute atomic E-state index is 9.89. The molecule has 1 heterocycles. The van der Waals surface area contributed by atoms with E-state index in [2.05, 4.69) is 29.1 Å². The van der Waals surface area contributed by atoms with Gasteiger partial charge in [-0.1, -0.05) is 29.4 Å². The number of oxime groups is 1. The van der Waals surface area contributed by atoms with Gasteiger partial charge in [0.05, 0.1) is 6.10 Å². The Morgan fingerprint density at radius 3 is 2.62 bits per heavy atom. The Morgan fingerprint density at radius 1 is 1.38 bits per heavy atom. The lowest BCUT2D eigenvalue weighted by Crippen LogP contribution is -2.37. The average Bonchev–Trinajstić information content (AvgIpc) is 2.77. The van der Waals surface area contributed by atoms with E-state index >= 15 is 0 Å². The highest BCUT2D eigenvalue weighted by Gasteiger charge is 2.30. The Kier molecular flexibility index (Phi) is 5.17. The smallest absolute Gasteiger partial charge is 0.170 e. The number of rotatable bonds is 5. The quantitative estimate of drug-likeness (QED) is 0.314. The molecule has 0 saturated carbocycles. The Labute approximate surface area is 125 Å². The van der Waals surface area contributed by atoms with Crippen LogP contribution in [-0.4, -0.2) is 65.3 Å². The Balaban J connectivity index is 2.02. The van der Waals surface area contributed by atoms with Gasteiger partial charge >= 0.3 is 0 Å². The summed E-state index contributed by atoms with van der Waals surface area (Å²) in [6.07, 6.45) is 0.576. The zero-order valence-corrected chi connectivity index (χ0v) is 12.6. The molecule has 2 rings (SSSR count). The molecule has 0 bridgehead atoms. The van der Waals surface area contributed by atoms with Crippen LogP contribution in [0.3, 0.4) is 0 Å². The van der Waals surface area contributed by atoms with Crippen LogP contribution >= 0.6 is 0 Å². The van der Waals surface area contributed by atoms with Crippen LogP contribution in [0.2, 0.25) is 0 Å². The van der Waals surface area contributed by atoms with Gasteiger partial charge in [-0.15, -0.1) is 0 Å². The first-order valence-corrected chi connectivity index (χ1v) is 7.13. The number of benzene rings is 1. The summed E-state index contributed by atoms with van der Waals surface area (Å²) < 4.78 is 0. The highest BCUT2D eigenvalue weighted by atomic mass is 16.4. The fraction of sp³-hybridized carbons (Fsp3) is 0.533. The van der Waals surface area contributed by atoms with Crippen LogP contribution in [0.4, 0.5) is 0 Å². The van der Waals surface area contributed by atoms with Crippen molar-refractivity contribution < 1.29 is 10.3 Å². The zero-order valence-electron chi connectivity index (χ0n) is 12.6. The van der Waals surface area contributed by atoms with Crippen LogP contribution in [0.15, 0.2) is 29.4 Å². The molecular weight excluding hydrogens is 268 g/mol. The summed E-state index contributed by atoms with van der Waals surface area (Å²) in [4.78, 5) is 4.46. The van der Waals surface area contributed by atoms with Gasteiger partial charge in [0.25, 0.3) is 0 Å². The first kappa shape index (κ1) is 15.8. The van der Waals surface area contributed by atoms with Gasteiger partial charge in [-0.05, 0) is 26.1 Å². The van der Waals surface area contributed by atoms with Crippen LogP contribution in [0, 0.1) is 0 Å². The number of likely N-dealkylation sites (N-methyl/N-ethyl adjacent to an activating group) is 1. The SMILES string of the molecule is CN(C)CC1CC(O)CN1Cc1ccc(C(N)=NO)cc1. The number of nitrogens with two attached hydrogens (primary N) is 1. The maximum atomic E-state index is 9.89. The number of nitrogens with zero attached hydrogens (tertiary/aromatic N) is 3. The summed E-state index contributed by atoms with van der Waals surface area (Å²) in [7, 11) is 4.10. The summed E-state index contributed by atoms with van der Waals surface area (Å²) in [5, 5.41) is 21.5. The van der Waals surface area contributed by atoms with Crippen LogP contribution in [0.5, 0.6) is 0 Å². The minimum Gasteiger partial charge on any atom is -0.409 e. The zero-order chi connectivity index (χ0) is 15.4. The van der Waals surface area contributed by atoms with Crippen molar-refractivity contribution in [3.63, 3.8) is 0 Å². The molecule has 2 unspecified atom stereocenters. The lowest BCUT2D eigenvalue weighted by atomic mass is 10.1. The third-order valence-electron chi connectivity index (χ3n) is 3.82. The molecule has 4 N–H and O–H groups in total. The summed E-state index contributed by atoms with van der Waals surface area (Å²) in [5.41, 5.74) is 7.41. The molecule has 0 amide bonds. The molecule has 1 fully saturated rings. The van der Waals surface area contributed by atoms with E-state index in [1.54, 1.807) is 0 Å². The van der Waals surface area contributed by atoms with Crippen molar-refractivity contribution in [2.24, 2.45) is 10.9 Å². The van der Waals surface area contributed by atoms with Gasteiger partial charge in [-0.25, -0.2) is 0 Å². The van der Waals surface area contributed by atoms with E-state index in [-0.39, 0.29) is 11.9 Å². The minimum atomic E-state index is -0.244. The topological polar surface area (TPSA) is 85.3 Å². The molecule has 6 nitrogen and oxygen atoms in total. The third kappa shape index (κ3) is 4.17. The molecular formula is C15H24N4O2. The lowest BCUT2D eigenvalue weighted by molar-refractivity contribution is 0.169. The fourth-order valence-corrected chi connectivity index (χ4v) is 2.84. The Bertz CT molecular complexity index is 487. The van der Waals surface area contributed by atoms with E-state index in [9.17, 15) is 5.11 Å². The third-order valence-corrected chi connectivity index (χ3v) is 3.82. The van der Waals surface area contributed by atoms with E-state index in [0.717, 1.165) is 25.1 Å². The van der Waals surface area contributed by atoms with Crippen LogP contribution < -0.4 is 5.73 Å². The molecule has 21 heavy (non-hydrogen) atoms. The van der Waals surface area contributed by atoms with E-state index in [4.69, 9.17) is 10.9 Å². The first-order chi connectivity index (χ1) is 9.99. The van der Waals surface area contributed by atoms with E-state index in [0.29, 0.717) is 18.2 Å². The van der Waals surface area contributed by atoms with Crippen LogP contribution in [0.25, 0.3) is 0 Å². The molecule has 1 aromatic rings. The van der Waals surface area contributed by atoms with Gasteiger partial charge in [0.2, 0.25) is 0 Å². The molecule has 1 aromatic carbocycles. The summed E-state index contributed by atoms with van der Waals surface area (Å²) in [6, 6.07) is 8.02. The summed E-state index contributed by atoms with van der Waals surface area (Å²) >= 11 is 0. The normalized spacial score (nSPS) is 23.9. The molecule has 0 radical (unpaired) electrons. The number of hydrogen-bond donors (Lipinski definition) is 3. The molecule has 0 aromatic heterocycles. The van der Waals surface area contributed by atoms with E-state index in [1.165, 1.54) is 0 Å². The van der Waals surface area contributed by atoms with Crippen molar-refractivity contribution in [1.82, 2.24) is 9.80 Å². The highest BCUT2D eigenvalue weighted by Crippen LogP contribution is 2.21. The summed E-state index contributed by atoms with van der Waals surface area (Å²) in [5.74, 6) is 0.114. The number of hydrogen-bond acceptors (Lipinski definition) is 5.